The summed E-state index contributed by atoms with van der Waals surface area (Å²) in [5.74, 6) is 0.492. The van der Waals surface area contributed by atoms with Gasteiger partial charge in [-0.1, -0.05) is 0 Å². The lowest BCUT2D eigenvalue weighted by Gasteiger charge is -2.23. The van der Waals surface area contributed by atoms with E-state index in [0.29, 0.717) is 19.0 Å². The minimum absolute atomic E-state index is 0. The van der Waals surface area contributed by atoms with Crippen molar-refractivity contribution in [2.24, 2.45) is 12.0 Å². The van der Waals surface area contributed by atoms with Crippen LogP contribution in [0.2, 0.25) is 0 Å². The Labute approximate surface area is 162 Å². The van der Waals surface area contributed by atoms with Gasteiger partial charge in [-0.3, -0.25) is 4.68 Å². The summed E-state index contributed by atoms with van der Waals surface area (Å²) in [6.45, 7) is 7.26. The molecule has 0 fully saturated rings. The molecular weight excluding hydrogens is 454 g/mol. The molecule has 5 nitrogen and oxygen atoms in total. The molecule has 0 spiro atoms. The fourth-order valence-corrected chi connectivity index (χ4v) is 1.98. The van der Waals surface area contributed by atoms with Crippen LogP contribution in [0, 0.1) is 0 Å². The molecule has 24 heavy (non-hydrogen) atoms. The number of aliphatic imine (C=N–C) groups is 1. The van der Waals surface area contributed by atoms with Gasteiger partial charge in [0.05, 0.1) is 6.54 Å². The van der Waals surface area contributed by atoms with Gasteiger partial charge in [0.1, 0.15) is 0 Å². The lowest BCUT2D eigenvalue weighted by molar-refractivity contribution is -0.142. The van der Waals surface area contributed by atoms with Crippen molar-refractivity contribution in [2.45, 2.75) is 38.2 Å². The van der Waals surface area contributed by atoms with Crippen LogP contribution < -0.4 is 10.6 Å². The molecule has 0 bridgehead atoms. The molecular formula is C14H25F3IN5S. The number of nitrogens with zero attached hydrogens (tertiary/aromatic N) is 3. The average molecular weight is 479 g/mol. The van der Waals surface area contributed by atoms with E-state index in [-0.39, 0.29) is 40.8 Å². The van der Waals surface area contributed by atoms with Crippen LogP contribution in [0.4, 0.5) is 13.2 Å². The molecule has 0 aliphatic rings. The molecule has 0 aliphatic carbocycles. The highest BCUT2D eigenvalue weighted by Gasteiger charge is 2.36. The second-order valence-corrected chi connectivity index (χ2v) is 7.20. The molecule has 0 atom stereocenters. The third-order valence-electron chi connectivity index (χ3n) is 3.16. The molecule has 2 N–H and O–H groups in total. The van der Waals surface area contributed by atoms with E-state index < -0.39 is 11.9 Å². The smallest absolute Gasteiger partial charge is 0.357 e. The molecule has 0 unspecified atom stereocenters. The number of nitrogens with one attached hydrogen (secondary N) is 2. The Kier molecular flexibility index (Phi) is 9.47. The van der Waals surface area contributed by atoms with Gasteiger partial charge in [0, 0.05) is 36.6 Å². The SMILES string of the molecule is CCNC(=NCc1cn(C)nc1C(F)(F)F)NCC(C)(C)SC.I. The average Bonchev–Trinajstić information content (AvgIpc) is 2.83. The quantitative estimate of drug-likeness (QED) is 0.374. The monoisotopic (exact) mass is 479 g/mol. The van der Waals surface area contributed by atoms with E-state index in [9.17, 15) is 13.2 Å². The number of thioether (sulfide) groups is 1. The van der Waals surface area contributed by atoms with Gasteiger partial charge >= 0.3 is 6.18 Å². The van der Waals surface area contributed by atoms with Gasteiger partial charge < -0.3 is 10.6 Å². The van der Waals surface area contributed by atoms with Crippen molar-refractivity contribution < 1.29 is 13.2 Å². The predicted molar refractivity (Wildman–Crippen MR) is 104 cm³/mol. The Morgan fingerprint density at radius 2 is 1.96 bits per heavy atom. The molecule has 0 aliphatic heterocycles. The predicted octanol–water partition coefficient (Wildman–Crippen LogP) is 3.25. The van der Waals surface area contributed by atoms with Crippen molar-refractivity contribution in [2.75, 3.05) is 19.3 Å². The summed E-state index contributed by atoms with van der Waals surface area (Å²) < 4.78 is 39.9. The first-order chi connectivity index (χ1) is 10.6. The van der Waals surface area contributed by atoms with Crippen LogP contribution in [0.1, 0.15) is 32.0 Å². The normalized spacial score (nSPS) is 12.8. The van der Waals surface area contributed by atoms with E-state index >= 15 is 0 Å². The topological polar surface area (TPSA) is 54.2 Å². The molecule has 140 valence electrons. The third kappa shape index (κ3) is 7.49. The molecule has 1 rings (SSSR count). The maximum Gasteiger partial charge on any atom is 0.435 e. The Hall–Kier alpha value is -0.650. The minimum atomic E-state index is -4.47. The van der Waals surface area contributed by atoms with Gasteiger partial charge in [-0.05, 0) is 27.0 Å². The Morgan fingerprint density at radius 1 is 1.33 bits per heavy atom. The van der Waals surface area contributed by atoms with Crippen molar-refractivity contribution in [3.8, 4) is 0 Å². The van der Waals surface area contributed by atoms with Gasteiger partial charge in [0.2, 0.25) is 0 Å². The van der Waals surface area contributed by atoms with Gasteiger partial charge in [-0.15, -0.1) is 24.0 Å². The first-order valence-corrected chi connectivity index (χ1v) is 8.48. The number of aryl methyl sites for hydroxylation is 1. The summed E-state index contributed by atoms with van der Waals surface area (Å²) in [5.41, 5.74) is -0.828. The third-order valence-corrected chi connectivity index (χ3v) is 4.41. The number of rotatable bonds is 6. The molecule has 1 aromatic rings. The zero-order valence-corrected chi connectivity index (χ0v) is 17.6. The van der Waals surface area contributed by atoms with Crippen molar-refractivity contribution in [1.29, 1.82) is 0 Å². The van der Waals surface area contributed by atoms with Crippen LogP contribution in [0.25, 0.3) is 0 Å². The number of guanidine groups is 1. The van der Waals surface area contributed by atoms with Crippen molar-refractivity contribution >= 4 is 41.7 Å². The molecule has 1 aromatic heterocycles. The lowest BCUT2D eigenvalue weighted by atomic mass is 10.2. The highest BCUT2D eigenvalue weighted by molar-refractivity contribution is 14.0. The lowest BCUT2D eigenvalue weighted by Crippen LogP contribution is -2.43. The first kappa shape index (κ1) is 23.4. The molecule has 0 radical (unpaired) electrons. The summed E-state index contributed by atoms with van der Waals surface area (Å²) >= 11 is 1.70. The van der Waals surface area contributed by atoms with Crippen LogP contribution in [-0.4, -0.2) is 39.8 Å². The van der Waals surface area contributed by atoms with Crippen molar-refractivity contribution in [3.63, 3.8) is 0 Å². The molecule has 0 saturated carbocycles. The highest BCUT2D eigenvalue weighted by atomic mass is 127. The maximum absolute atomic E-state index is 12.9. The van der Waals surface area contributed by atoms with E-state index in [4.69, 9.17) is 0 Å². The summed E-state index contributed by atoms with van der Waals surface area (Å²) in [7, 11) is 1.47. The number of alkyl halides is 3. The number of halogens is 4. The van der Waals surface area contributed by atoms with Crippen LogP contribution in [-0.2, 0) is 19.8 Å². The number of aromatic nitrogens is 2. The van der Waals surface area contributed by atoms with Gasteiger partial charge in [-0.2, -0.15) is 30.0 Å². The van der Waals surface area contributed by atoms with E-state index in [0.717, 1.165) is 4.68 Å². The fraction of sp³-hybridized carbons (Fsp3) is 0.714. The summed E-state index contributed by atoms with van der Waals surface area (Å²) in [5, 5.41) is 9.68. The van der Waals surface area contributed by atoms with E-state index in [1.54, 1.807) is 11.8 Å². The highest BCUT2D eigenvalue weighted by Crippen LogP contribution is 2.30. The minimum Gasteiger partial charge on any atom is -0.357 e. The van der Waals surface area contributed by atoms with E-state index in [1.165, 1.54) is 13.2 Å². The number of hydrogen-bond donors (Lipinski definition) is 2. The zero-order valence-electron chi connectivity index (χ0n) is 14.5. The summed E-state index contributed by atoms with van der Waals surface area (Å²) in [6, 6.07) is 0. The second kappa shape index (κ2) is 9.73. The standard InChI is InChI=1S/C14H24F3N5S.HI/c1-6-18-12(20-9-13(2,3)23-5)19-7-10-8-22(4)21-11(10)14(15,16)17;/h8H,6-7,9H2,1-5H3,(H2,18,19,20);1H. The maximum atomic E-state index is 12.9. The Balaban J connectivity index is 0.00000529. The zero-order chi connectivity index (χ0) is 17.7. The van der Waals surface area contributed by atoms with Crippen molar-refractivity contribution in [3.05, 3.63) is 17.5 Å². The van der Waals surface area contributed by atoms with Crippen LogP contribution in [0.5, 0.6) is 0 Å². The van der Waals surface area contributed by atoms with Gasteiger partial charge in [0.25, 0.3) is 0 Å². The Morgan fingerprint density at radius 3 is 2.46 bits per heavy atom. The molecule has 0 aromatic carbocycles. The van der Waals surface area contributed by atoms with Crippen molar-refractivity contribution in [1.82, 2.24) is 20.4 Å². The molecule has 10 heteroatoms. The fourth-order valence-electron chi connectivity index (χ4n) is 1.77. The number of hydrogen-bond acceptors (Lipinski definition) is 3. The molecule has 0 saturated heterocycles. The summed E-state index contributed by atoms with van der Waals surface area (Å²) in [6.07, 6.45) is -1.11. The van der Waals surface area contributed by atoms with E-state index in [2.05, 4.69) is 34.6 Å². The van der Waals surface area contributed by atoms with Crippen LogP contribution >= 0.6 is 35.7 Å². The van der Waals surface area contributed by atoms with E-state index in [1.807, 2.05) is 13.2 Å². The van der Waals surface area contributed by atoms with Crippen LogP contribution in [0.3, 0.4) is 0 Å². The van der Waals surface area contributed by atoms with Gasteiger partial charge in [0.15, 0.2) is 11.7 Å². The largest absolute Gasteiger partial charge is 0.435 e. The molecule has 0 amide bonds. The Bertz CT molecular complexity index is 543. The molecule has 1 heterocycles. The van der Waals surface area contributed by atoms with Crippen LogP contribution in [0.15, 0.2) is 11.2 Å². The first-order valence-electron chi connectivity index (χ1n) is 7.26. The van der Waals surface area contributed by atoms with Gasteiger partial charge in [-0.25, -0.2) is 4.99 Å². The second-order valence-electron chi connectivity index (χ2n) is 5.69. The summed E-state index contributed by atoms with van der Waals surface area (Å²) in [4.78, 5) is 4.24.